The molecule has 1 aliphatic heterocycles. The van der Waals surface area contributed by atoms with Crippen LogP contribution in [0.1, 0.15) is 24.0 Å². The van der Waals surface area contributed by atoms with Gasteiger partial charge < -0.3 is 28.8 Å². The van der Waals surface area contributed by atoms with Crippen LogP contribution in [-0.2, 0) is 11.3 Å². The Bertz CT molecular complexity index is 1690. The van der Waals surface area contributed by atoms with Gasteiger partial charge in [-0.25, -0.2) is 9.97 Å². The number of aryl methyl sites for hydroxylation is 1. The lowest BCUT2D eigenvalue weighted by atomic mass is 10.1. The lowest BCUT2D eigenvalue weighted by molar-refractivity contribution is -0.134. The number of benzene rings is 2. The molecule has 1 unspecified atom stereocenters. The molecule has 1 saturated heterocycles. The Morgan fingerprint density at radius 2 is 1.88 bits per heavy atom. The van der Waals surface area contributed by atoms with E-state index in [-0.39, 0.29) is 18.5 Å². The minimum absolute atomic E-state index is 0.0617. The molecule has 1 amide bonds. The second-order valence-corrected chi connectivity index (χ2v) is 10.4. The van der Waals surface area contributed by atoms with E-state index in [1.165, 1.54) is 0 Å². The van der Waals surface area contributed by atoms with Gasteiger partial charge in [-0.3, -0.25) is 4.79 Å². The van der Waals surface area contributed by atoms with Gasteiger partial charge in [-0.1, -0.05) is 18.2 Å². The molecular formula is C31H34N6O3. The topological polar surface area (TPSA) is 88.5 Å². The Hall–Kier alpha value is -4.37. The van der Waals surface area contributed by atoms with Crippen LogP contribution in [0.3, 0.4) is 0 Å². The molecule has 3 aromatic heterocycles. The average molecular weight is 539 g/mol. The highest BCUT2D eigenvalue weighted by Crippen LogP contribution is 2.33. The van der Waals surface area contributed by atoms with Crippen molar-refractivity contribution in [3.8, 4) is 22.9 Å². The normalized spacial score (nSPS) is 16.4. The van der Waals surface area contributed by atoms with E-state index >= 15 is 0 Å². The van der Waals surface area contributed by atoms with Crippen molar-refractivity contribution < 1.29 is 14.3 Å². The number of pyridine rings is 1. The number of carbonyl (C=O) groups excluding carboxylic acids is 1. The summed E-state index contributed by atoms with van der Waals surface area (Å²) in [4.78, 5) is 31.2. The zero-order valence-electron chi connectivity index (χ0n) is 23.3. The number of fused-ring (bicyclic) bond motifs is 2. The number of likely N-dealkylation sites (N-methyl/N-ethyl adjacent to an activating group) is 1. The zero-order valence-corrected chi connectivity index (χ0v) is 23.3. The highest BCUT2D eigenvalue weighted by atomic mass is 16.5. The summed E-state index contributed by atoms with van der Waals surface area (Å²) in [5.41, 5.74) is 4.56. The van der Waals surface area contributed by atoms with E-state index in [2.05, 4.69) is 33.6 Å². The number of ether oxygens (including phenoxy) is 2. The van der Waals surface area contributed by atoms with Crippen LogP contribution in [0.2, 0.25) is 0 Å². The number of amides is 1. The number of aromatic amines is 1. The number of imidazole rings is 1. The third kappa shape index (κ3) is 4.77. The fourth-order valence-electron chi connectivity index (χ4n) is 5.65. The van der Waals surface area contributed by atoms with Crippen molar-refractivity contribution in [1.29, 1.82) is 0 Å². The Labute approximate surface area is 233 Å². The summed E-state index contributed by atoms with van der Waals surface area (Å²) in [5.74, 6) is 2.14. The molecule has 0 saturated carbocycles. The lowest BCUT2D eigenvalue weighted by Crippen LogP contribution is -2.39. The standard InChI is InChI=1S/C31H34N6O3/c1-20-15-22-9-10-23(39-3)17-28(22)37(20)19-29(38)36-14-13-35(2)12-11-27(36)30-32-18-26(33-30)24-16-21-7-5-6-8-25(21)34-31(24)40-4/h5-10,15-18,27H,11-14,19H2,1-4H3,(H,32,33). The molecule has 5 aromatic rings. The molecule has 1 atom stereocenters. The Kier molecular flexibility index (Phi) is 6.89. The first kappa shape index (κ1) is 25.9. The third-order valence-corrected chi connectivity index (χ3v) is 7.90. The molecule has 206 valence electrons. The summed E-state index contributed by atoms with van der Waals surface area (Å²) in [6.07, 6.45) is 2.60. The van der Waals surface area contributed by atoms with Crippen LogP contribution < -0.4 is 9.47 Å². The van der Waals surface area contributed by atoms with Gasteiger partial charge >= 0.3 is 0 Å². The predicted octanol–water partition coefficient (Wildman–Crippen LogP) is 4.81. The van der Waals surface area contributed by atoms with Crippen molar-refractivity contribution in [3.63, 3.8) is 0 Å². The van der Waals surface area contributed by atoms with Gasteiger partial charge in [0.05, 0.1) is 48.7 Å². The number of H-pyrrole nitrogens is 1. The number of para-hydroxylation sites is 1. The van der Waals surface area contributed by atoms with Gasteiger partial charge in [-0.2, -0.15) is 0 Å². The zero-order chi connectivity index (χ0) is 27.8. The Morgan fingerprint density at radius 3 is 2.70 bits per heavy atom. The van der Waals surface area contributed by atoms with Gasteiger partial charge in [0.1, 0.15) is 18.1 Å². The van der Waals surface area contributed by atoms with Crippen molar-refractivity contribution in [3.05, 3.63) is 72.3 Å². The molecule has 9 nitrogen and oxygen atoms in total. The van der Waals surface area contributed by atoms with Crippen LogP contribution in [0.5, 0.6) is 11.6 Å². The van der Waals surface area contributed by atoms with Gasteiger partial charge in [0.25, 0.3) is 0 Å². The maximum absolute atomic E-state index is 14.0. The molecule has 6 rings (SSSR count). The molecule has 0 aliphatic carbocycles. The first-order valence-electron chi connectivity index (χ1n) is 13.6. The molecule has 9 heteroatoms. The first-order chi connectivity index (χ1) is 19.4. The second kappa shape index (κ2) is 10.7. The number of methoxy groups -OCH3 is 2. The summed E-state index contributed by atoms with van der Waals surface area (Å²) < 4.78 is 13.2. The summed E-state index contributed by atoms with van der Waals surface area (Å²) in [6.45, 7) is 4.58. The highest BCUT2D eigenvalue weighted by molar-refractivity contribution is 5.86. The molecule has 40 heavy (non-hydrogen) atoms. The molecular weight excluding hydrogens is 504 g/mol. The van der Waals surface area contributed by atoms with Gasteiger partial charge in [0.2, 0.25) is 11.8 Å². The molecule has 0 radical (unpaired) electrons. The van der Waals surface area contributed by atoms with Crippen molar-refractivity contribution in [1.82, 2.24) is 29.3 Å². The third-order valence-electron chi connectivity index (χ3n) is 7.90. The molecule has 0 bridgehead atoms. The van der Waals surface area contributed by atoms with Crippen molar-refractivity contribution in [2.75, 3.05) is 40.9 Å². The molecule has 1 N–H and O–H groups in total. The smallest absolute Gasteiger partial charge is 0.243 e. The fourth-order valence-corrected chi connectivity index (χ4v) is 5.65. The number of aromatic nitrogens is 4. The monoisotopic (exact) mass is 538 g/mol. The van der Waals surface area contributed by atoms with Crippen LogP contribution in [0.15, 0.2) is 60.8 Å². The van der Waals surface area contributed by atoms with E-state index in [1.54, 1.807) is 14.2 Å². The van der Waals surface area contributed by atoms with Crippen LogP contribution in [-0.4, -0.2) is 76.1 Å². The lowest BCUT2D eigenvalue weighted by Gasteiger charge is -2.29. The van der Waals surface area contributed by atoms with Crippen LogP contribution in [0.25, 0.3) is 33.1 Å². The number of carbonyl (C=O) groups is 1. The minimum atomic E-state index is -0.178. The molecule has 1 fully saturated rings. The maximum atomic E-state index is 14.0. The molecule has 4 heterocycles. The maximum Gasteiger partial charge on any atom is 0.243 e. The van der Waals surface area contributed by atoms with Crippen molar-refractivity contribution >= 4 is 27.7 Å². The van der Waals surface area contributed by atoms with Gasteiger partial charge in [-0.05, 0) is 50.7 Å². The van der Waals surface area contributed by atoms with E-state index < -0.39 is 0 Å². The Balaban J connectivity index is 1.33. The number of nitrogens with one attached hydrogen (secondary N) is 1. The summed E-state index contributed by atoms with van der Waals surface area (Å²) >= 11 is 0. The van der Waals surface area contributed by atoms with E-state index in [0.29, 0.717) is 12.4 Å². The van der Waals surface area contributed by atoms with Gasteiger partial charge in [-0.15, -0.1) is 0 Å². The Morgan fingerprint density at radius 1 is 1.02 bits per heavy atom. The quantitative estimate of drug-likeness (QED) is 0.334. The fraction of sp³-hybridized carbons (Fsp3) is 0.323. The summed E-state index contributed by atoms with van der Waals surface area (Å²) in [6, 6.07) is 17.9. The summed E-state index contributed by atoms with van der Waals surface area (Å²) in [5, 5.41) is 2.11. The van der Waals surface area contributed by atoms with Crippen LogP contribution in [0.4, 0.5) is 0 Å². The number of nitrogens with zero attached hydrogens (tertiary/aromatic N) is 5. The SMILES string of the molecule is COc1ccc2cc(C)n(CC(=O)N3CCN(C)CCC3c3ncc(-c4cc5ccccc5nc4OC)[nH]3)c2c1. The van der Waals surface area contributed by atoms with E-state index in [0.717, 1.165) is 69.8 Å². The molecule has 0 spiro atoms. The largest absolute Gasteiger partial charge is 0.497 e. The predicted molar refractivity (Wildman–Crippen MR) is 156 cm³/mol. The minimum Gasteiger partial charge on any atom is -0.497 e. The average Bonchev–Trinajstić information content (AvgIpc) is 3.52. The van der Waals surface area contributed by atoms with Crippen LogP contribution in [0, 0.1) is 6.92 Å². The summed E-state index contributed by atoms with van der Waals surface area (Å²) in [7, 11) is 5.38. The van der Waals surface area contributed by atoms with Crippen molar-refractivity contribution in [2.24, 2.45) is 0 Å². The first-order valence-corrected chi connectivity index (χ1v) is 13.6. The highest BCUT2D eigenvalue weighted by Gasteiger charge is 2.31. The second-order valence-electron chi connectivity index (χ2n) is 10.4. The van der Waals surface area contributed by atoms with Gasteiger partial charge in [0.15, 0.2) is 0 Å². The number of hydrogen-bond donors (Lipinski definition) is 1. The van der Waals surface area contributed by atoms with E-state index in [4.69, 9.17) is 19.4 Å². The molecule has 2 aromatic carbocycles. The number of rotatable bonds is 6. The van der Waals surface area contributed by atoms with E-state index in [1.807, 2.05) is 60.5 Å². The number of hydrogen-bond acceptors (Lipinski definition) is 6. The van der Waals surface area contributed by atoms with Crippen molar-refractivity contribution in [2.45, 2.75) is 25.9 Å². The molecule has 1 aliphatic rings. The van der Waals surface area contributed by atoms with Gasteiger partial charge in [0, 0.05) is 42.2 Å². The van der Waals surface area contributed by atoms with Crippen LogP contribution >= 0.6 is 0 Å². The van der Waals surface area contributed by atoms with E-state index in [9.17, 15) is 4.79 Å².